The number of benzene rings is 1. The molecule has 3 rings (SSSR count). The molecule has 0 N–H and O–H groups in total. The SMILES string of the molecule is CCn1ncnc1CN1CCOc2ccc(Br)cc2C1. The molecule has 0 aliphatic carbocycles. The fourth-order valence-corrected chi connectivity index (χ4v) is 2.84. The zero-order valence-corrected chi connectivity index (χ0v) is 13.0. The van der Waals surface area contributed by atoms with Crippen LogP contribution in [0.1, 0.15) is 18.3 Å². The van der Waals surface area contributed by atoms with Crippen LogP contribution in [-0.4, -0.2) is 32.8 Å². The van der Waals surface area contributed by atoms with E-state index >= 15 is 0 Å². The van der Waals surface area contributed by atoms with Gasteiger partial charge in [0.2, 0.25) is 0 Å². The first-order chi connectivity index (χ1) is 9.76. The maximum Gasteiger partial charge on any atom is 0.141 e. The van der Waals surface area contributed by atoms with Gasteiger partial charge in [0.15, 0.2) is 0 Å². The van der Waals surface area contributed by atoms with Crippen LogP contribution in [0.5, 0.6) is 5.75 Å². The van der Waals surface area contributed by atoms with Crippen molar-refractivity contribution in [3.05, 3.63) is 40.4 Å². The summed E-state index contributed by atoms with van der Waals surface area (Å²) in [5.74, 6) is 1.98. The second-order valence-corrected chi connectivity index (χ2v) is 5.72. The van der Waals surface area contributed by atoms with Crippen LogP contribution in [0.15, 0.2) is 29.0 Å². The minimum atomic E-state index is 0.703. The van der Waals surface area contributed by atoms with Gasteiger partial charge in [-0.2, -0.15) is 5.10 Å². The normalized spacial score (nSPS) is 15.5. The number of ether oxygens (including phenoxy) is 1. The number of nitrogens with zero attached hydrogens (tertiary/aromatic N) is 4. The Balaban J connectivity index is 1.78. The number of fused-ring (bicyclic) bond motifs is 1. The Hall–Kier alpha value is -1.40. The molecule has 6 heteroatoms. The van der Waals surface area contributed by atoms with Crippen molar-refractivity contribution in [3.63, 3.8) is 0 Å². The summed E-state index contributed by atoms with van der Waals surface area (Å²) in [6.07, 6.45) is 1.62. The molecule has 0 spiro atoms. The summed E-state index contributed by atoms with van der Waals surface area (Å²) in [5, 5.41) is 4.22. The lowest BCUT2D eigenvalue weighted by atomic mass is 10.2. The predicted octanol–water partition coefficient (Wildman–Crippen LogP) is 2.46. The molecule has 1 aliphatic rings. The lowest BCUT2D eigenvalue weighted by Crippen LogP contribution is -2.27. The fourth-order valence-electron chi connectivity index (χ4n) is 2.43. The second-order valence-electron chi connectivity index (χ2n) is 4.80. The molecule has 0 atom stereocenters. The van der Waals surface area contributed by atoms with Crippen LogP contribution >= 0.6 is 15.9 Å². The maximum absolute atomic E-state index is 5.80. The van der Waals surface area contributed by atoms with Gasteiger partial charge in [0.25, 0.3) is 0 Å². The Kier molecular flexibility index (Phi) is 4.03. The summed E-state index contributed by atoms with van der Waals surface area (Å²) in [4.78, 5) is 6.69. The molecule has 0 amide bonds. The molecule has 0 saturated heterocycles. The Morgan fingerprint density at radius 1 is 1.40 bits per heavy atom. The Bertz CT molecular complexity index is 599. The lowest BCUT2D eigenvalue weighted by Gasteiger charge is -2.18. The smallest absolute Gasteiger partial charge is 0.141 e. The molecule has 0 saturated carbocycles. The fraction of sp³-hybridized carbons (Fsp3) is 0.429. The van der Waals surface area contributed by atoms with E-state index in [-0.39, 0.29) is 0 Å². The highest BCUT2D eigenvalue weighted by atomic mass is 79.9. The Morgan fingerprint density at radius 3 is 3.15 bits per heavy atom. The van der Waals surface area contributed by atoms with Crippen molar-refractivity contribution in [1.82, 2.24) is 19.7 Å². The summed E-state index contributed by atoms with van der Waals surface area (Å²) in [6.45, 7) is 6.18. The van der Waals surface area contributed by atoms with E-state index in [1.54, 1.807) is 6.33 Å². The largest absolute Gasteiger partial charge is 0.492 e. The Labute approximate surface area is 126 Å². The number of hydrogen-bond donors (Lipinski definition) is 0. The standard InChI is InChI=1S/C14H17BrN4O/c1-2-19-14(16-10-17-19)9-18-5-6-20-13-4-3-12(15)7-11(13)8-18/h3-4,7,10H,2,5-6,8-9H2,1H3. The molecule has 1 aliphatic heterocycles. The molecule has 0 radical (unpaired) electrons. The van der Waals surface area contributed by atoms with Gasteiger partial charge in [-0.25, -0.2) is 9.67 Å². The first-order valence-corrected chi connectivity index (χ1v) is 7.56. The molecule has 2 aromatic rings. The summed E-state index contributed by atoms with van der Waals surface area (Å²) in [7, 11) is 0. The second kappa shape index (κ2) is 5.93. The van der Waals surface area contributed by atoms with Gasteiger partial charge in [-0.15, -0.1) is 0 Å². The minimum Gasteiger partial charge on any atom is -0.492 e. The summed E-state index contributed by atoms with van der Waals surface area (Å²) in [6, 6.07) is 6.16. The van der Waals surface area contributed by atoms with Crippen LogP contribution in [0.2, 0.25) is 0 Å². The molecule has 1 aromatic carbocycles. The van der Waals surface area contributed by atoms with E-state index in [0.717, 1.165) is 42.2 Å². The van der Waals surface area contributed by atoms with Crippen LogP contribution in [0, 0.1) is 0 Å². The Morgan fingerprint density at radius 2 is 2.30 bits per heavy atom. The molecule has 5 nitrogen and oxygen atoms in total. The molecule has 2 heterocycles. The van der Waals surface area contributed by atoms with Gasteiger partial charge in [0.05, 0.1) is 6.54 Å². The predicted molar refractivity (Wildman–Crippen MR) is 79.4 cm³/mol. The minimum absolute atomic E-state index is 0.703. The molecule has 20 heavy (non-hydrogen) atoms. The van der Waals surface area contributed by atoms with Crippen LogP contribution in [0.4, 0.5) is 0 Å². The van der Waals surface area contributed by atoms with Gasteiger partial charge in [-0.1, -0.05) is 15.9 Å². The van der Waals surface area contributed by atoms with E-state index in [1.807, 2.05) is 16.8 Å². The van der Waals surface area contributed by atoms with Crippen molar-refractivity contribution in [2.24, 2.45) is 0 Å². The first kappa shape index (κ1) is 13.6. The quantitative estimate of drug-likeness (QED) is 0.863. The maximum atomic E-state index is 5.80. The third-order valence-electron chi connectivity index (χ3n) is 3.44. The topological polar surface area (TPSA) is 43.2 Å². The average molecular weight is 337 g/mol. The molecular formula is C14H17BrN4O. The molecular weight excluding hydrogens is 320 g/mol. The summed E-state index contributed by atoms with van der Waals surface area (Å²) in [5.41, 5.74) is 1.21. The van der Waals surface area contributed by atoms with Crippen molar-refractivity contribution < 1.29 is 4.74 Å². The third kappa shape index (κ3) is 2.86. The van der Waals surface area contributed by atoms with Crippen molar-refractivity contribution in [3.8, 4) is 5.75 Å². The lowest BCUT2D eigenvalue weighted by molar-refractivity contribution is 0.212. The highest BCUT2D eigenvalue weighted by molar-refractivity contribution is 9.10. The zero-order chi connectivity index (χ0) is 13.9. The van der Waals surface area contributed by atoms with E-state index in [0.29, 0.717) is 6.61 Å². The molecule has 1 aromatic heterocycles. The number of rotatable bonds is 3. The first-order valence-electron chi connectivity index (χ1n) is 6.76. The van der Waals surface area contributed by atoms with Gasteiger partial charge in [-0.05, 0) is 25.1 Å². The van der Waals surface area contributed by atoms with E-state index < -0.39 is 0 Å². The van der Waals surface area contributed by atoms with Crippen LogP contribution in [0.25, 0.3) is 0 Å². The van der Waals surface area contributed by atoms with Gasteiger partial charge in [0.1, 0.15) is 24.5 Å². The van der Waals surface area contributed by atoms with Crippen molar-refractivity contribution >= 4 is 15.9 Å². The monoisotopic (exact) mass is 336 g/mol. The highest BCUT2D eigenvalue weighted by Crippen LogP contribution is 2.26. The number of aromatic nitrogens is 3. The van der Waals surface area contributed by atoms with Gasteiger partial charge >= 0.3 is 0 Å². The van der Waals surface area contributed by atoms with E-state index in [9.17, 15) is 0 Å². The molecule has 0 fully saturated rings. The number of halogens is 1. The van der Waals surface area contributed by atoms with E-state index in [2.05, 4.69) is 43.9 Å². The highest BCUT2D eigenvalue weighted by Gasteiger charge is 2.17. The van der Waals surface area contributed by atoms with E-state index in [4.69, 9.17) is 4.74 Å². The van der Waals surface area contributed by atoms with Crippen LogP contribution in [-0.2, 0) is 19.6 Å². The summed E-state index contributed by atoms with van der Waals surface area (Å²) >= 11 is 3.52. The number of hydrogen-bond acceptors (Lipinski definition) is 4. The van der Waals surface area contributed by atoms with E-state index in [1.165, 1.54) is 5.56 Å². The molecule has 0 bridgehead atoms. The van der Waals surface area contributed by atoms with Crippen LogP contribution < -0.4 is 4.74 Å². The zero-order valence-electron chi connectivity index (χ0n) is 11.4. The van der Waals surface area contributed by atoms with Gasteiger partial charge in [0, 0.05) is 29.7 Å². The summed E-state index contributed by atoms with van der Waals surface area (Å²) < 4.78 is 8.82. The average Bonchev–Trinajstić information content (AvgIpc) is 2.78. The molecule has 0 unspecified atom stereocenters. The van der Waals surface area contributed by atoms with Crippen molar-refractivity contribution in [1.29, 1.82) is 0 Å². The van der Waals surface area contributed by atoms with Crippen LogP contribution in [0.3, 0.4) is 0 Å². The van der Waals surface area contributed by atoms with Gasteiger partial charge < -0.3 is 4.74 Å². The van der Waals surface area contributed by atoms with Gasteiger partial charge in [-0.3, -0.25) is 4.90 Å². The number of aryl methyl sites for hydroxylation is 1. The molecule has 106 valence electrons. The van der Waals surface area contributed by atoms with Crippen molar-refractivity contribution in [2.45, 2.75) is 26.6 Å². The van der Waals surface area contributed by atoms with Crippen molar-refractivity contribution in [2.75, 3.05) is 13.2 Å². The third-order valence-corrected chi connectivity index (χ3v) is 3.94.